The van der Waals surface area contributed by atoms with Crippen LogP contribution in [0.25, 0.3) is 0 Å². The normalized spacial score (nSPS) is 30.7. The minimum atomic E-state index is -0.986. The number of nitrogens with one attached hydrogen (secondary N) is 1. The van der Waals surface area contributed by atoms with Gasteiger partial charge in [0.1, 0.15) is 5.92 Å². The number of nitrogens with zero attached hydrogens (tertiary/aromatic N) is 2. The summed E-state index contributed by atoms with van der Waals surface area (Å²) in [7, 11) is 0. The first-order valence-corrected chi connectivity index (χ1v) is 5.99. The zero-order chi connectivity index (χ0) is 13.8. The Balaban J connectivity index is 1.90. The highest BCUT2D eigenvalue weighted by molar-refractivity contribution is 5.77. The highest BCUT2D eigenvalue weighted by atomic mass is 16.5. The maximum Gasteiger partial charge on any atom is 0.317 e. The molecule has 0 aromatic rings. The predicted molar refractivity (Wildman–Crippen MR) is 61.2 cm³/mol. The van der Waals surface area contributed by atoms with E-state index in [1.54, 1.807) is 0 Å². The topological polar surface area (TPSA) is 112 Å². The van der Waals surface area contributed by atoms with Crippen LogP contribution in [0.15, 0.2) is 0 Å². The van der Waals surface area contributed by atoms with Crippen molar-refractivity contribution in [2.24, 2.45) is 5.92 Å². The molecule has 0 spiro atoms. The summed E-state index contributed by atoms with van der Waals surface area (Å²) in [5, 5.41) is 20.4. The van der Waals surface area contributed by atoms with E-state index in [0.717, 1.165) is 0 Å². The van der Waals surface area contributed by atoms with Gasteiger partial charge in [-0.3, -0.25) is 4.79 Å². The molecule has 3 atom stereocenters. The van der Waals surface area contributed by atoms with Gasteiger partial charge in [-0.2, -0.15) is 5.26 Å². The number of carboxylic acid groups (broad SMARTS) is 1. The van der Waals surface area contributed by atoms with Gasteiger partial charge in [-0.05, 0) is 0 Å². The summed E-state index contributed by atoms with van der Waals surface area (Å²) < 4.78 is 10.2. The molecule has 0 aliphatic carbocycles. The van der Waals surface area contributed by atoms with Gasteiger partial charge in [0.25, 0.3) is 0 Å². The molecule has 2 N–H and O–H groups in total. The Bertz CT molecular complexity index is 408. The van der Waals surface area contributed by atoms with Crippen LogP contribution >= 0.6 is 0 Å². The number of hydrogen-bond acceptors (Lipinski definition) is 5. The molecule has 8 heteroatoms. The molecule has 2 aliphatic rings. The number of aliphatic carboxylic acids is 1. The summed E-state index contributed by atoms with van der Waals surface area (Å²) in [6.07, 6.45) is -0.630. The molecule has 0 bridgehead atoms. The average Bonchev–Trinajstić information content (AvgIpc) is 2.87. The van der Waals surface area contributed by atoms with Crippen LogP contribution in [0.2, 0.25) is 0 Å². The van der Waals surface area contributed by atoms with E-state index in [2.05, 4.69) is 5.32 Å². The summed E-state index contributed by atoms with van der Waals surface area (Å²) >= 11 is 0. The van der Waals surface area contributed by atoms with E-state index < -0.39 is 24.0 Å². The van der Waals surface area contributed by atoms with Crippen LogP contribution in [0.5, 0.6) is 0 Å². The minimum Gasteiger partial charge on any atom is -0.481 e. The number of amides is 2. The summed E-state index contributed by atoms with van der Waals surface area (Å²) in [5.74, 6) is -1.71. The van der Waals surface area contributed by atoms with Gasteiger partial charge < -0.3 is 24.8 Å². The van der Waals surface area contributed by atoms with Gasteiger partial charge in [0.05, 0.1) is 38.5 Å². The number of carbonyl (C=O) groups is 2. The van der Waals surface area contributed by atoms with E-state index in [4.69, 9.17) is 19.8 Å². The third-order valence-electron chi connectivity index (χ3n) is 3.20. The number of morpholine rings is 1. The number of urea groups is 1. The van der Waals surface area contributed by atoms with Crippen molar-refractivity contribution in [2.75, 3.05) is 32.9 Å². The van der Waals surface area contributed by atoms with Gasteiger partial charge in [0.2, 0.25) is 0 Å². The van der Waals surface area contributed by atoms with Gasteiger partial charge in [0.15, 0.2) is 6.10 Å². The van der Waals surface area contributed by atoms with Crippen LogP contribution in [-0.2, 0) is 14.3 Å². The maximum atomic E-state index is 12.0. The predicted octanol–water partition coefficient (Wildman–Crippen LogP) is -0.980. The van der Waals surface area contributed by atoms with E-state index >= 15 is 0 Å². The number of hydrogen-bond donors (Lipinski definition) is 2. The number of ether oxygens (including phenoxy) is 2. The zero-order valence-electron chi connectivity index (χ0n) is 10.2. The van der Waals surface area contributed by atoms with Crippen LogP contribution in [0, 0.1) is 17.2 Å². The van der Waals surface area contributed by atoms with E-state index in [0.29, 0.717) is 13.2 Å². The van der Waals surface area contributed by atoms with E-state index in [1.165, 1.54) is 4.90 Å². The van der Waals surface area contributed by atoms with E-state index in [1.807, 2.05) is 6.07 Å². The van der Waals surface area contributed by atoms with Crippen LogP contribution in [-0.4, -0.2) is 67.1 Å². The summed E-state index contributed by atoms with van der Waals surface area (Å²) in [6.45, 7) is 1.16. The molecule has 2 rings (SSSR count). The first kappa shape index (κ1) is 13.6. The highest BCUT2D eigenvalue weighted by Gasteiger charge is 2.36. The van der Waals surface area contributed by atoms with Crippen molar-refractivity contribution >= 4 is 12.0 Å². The monoisotopic (exact) mass is 269 g/mol. The summed E-state index contributed by atoms with van der Waals surface area (Å²) in [5.41, 5.74) is 0. The third kappa shape index (κ3) is 3.13. The van der Waals surface area contributed by atoms with E-state index in [9.17, 15) is 9.59 Å². The number of nitriles is 1. The second-order valence-corrected chi connectivity index (χ2v) is 4.47. The third-order valence-corrected chi connectivity index (χ3v) is 3.20. The molecule has 0 aromatic carbocycles. The molecule has 2 saturated heterocycles. The minimum absolute atomic E-state index is 0.101. The fourth-order valence-electron chi connectivity index (χ4n) is 2.10. The smallest absolute Gasteiger partial charge is 0.317 e. The quantitative estimate of drug-likeness (QED) is 0.666. The Morgan fingerprint density at radius 3 is 2.89 bits per heavy atom. The van der Waals surface area contributed by atoms with Crippen molar-refractivity contribution in [3.63, 3.8) is 0 Å². The second-order valence-electron chi connectivity index (χ2n) is 4.47. The highest BCUT2D eigenvalue weighted by Crippen LogP contribution is 2.14. The standard InChI is InChI=1S/C11H15N3O5/c12-3-7-4-14(1-2-19-7)11(17)13-9-6-18-5-8(9)10(15)16/h7-9H,1-2,4-6H2,(H,13,17)(H,15,16). The van der Waals surface area contributed by atoms with Crippen LogP contribution in [0.3, 0.4) is 0 Å². The van der Waals surface area contributed by atoms with Crippen LogP contribution in [0.4, 0.5) is 4.79 Å². The molecule has 3 unspecified atom stereocenters. The van der Waals surface area contributed by atoms with E-state index in [-0.39, 0.29) is 25.8 Å². The average molecular weight is 269 g/mol. The van der Waals surface area contributed by atoms with Gasteiger partial charge in [-0.15, -0.1) is 0 Å². The fourth-order valence-corrected chi connectivity index (χ4v) is 2.10. The lowest BCUT2D eigenvalue weighted by Crippen LogP contribution is -2.53. The van der Waals surface area contributed by atoms with Crippen LogP contribution in [0.1, 0.15) is 0 Å². The van der Waals surface area contributed by atoms with Crippen molar-refractivity contribution in [3.05, 3.63) is 0 Å². The molecule has 0 aromatic heterocycles. The summed E-state index contributed by atoms with van der Waals surface area (Å²) in [4.78, 5) is 24.4. The van der Waals surface area contributed by atoms with Gasteiger partial charge >= 0.3 is 12.0 Å². The lowest BCUT2D eigenvalue weighted by Gasteiger charge is -2.31. The fraction of sp³-hybridized carbons (Fsp3) is 0.727. The molecule has 8 nitrogen and oxygen atoms in total. The number of carbonyl (C=O) groups excluding carboxylic acids is 1. The summed E-state index contributed by atoms with van der Waals surface area (Å²) in [6, 6.07) is 1.03. The number of rotatable bonds is 2. The molecule has 2 amide bonds. The van der Waals surface area contributed by atoms with Gasteiger partial charge in [0, 0.05) is 6.54 Å². The van der Waals surface area contributed by atoms with Crippen molar-refractivity contribution in [1.29, 1.82) is 5.26 Å². The molecule has 0 saturated carbocycles. The Morgan fingerprint density at radius 2 is 2.21 bits per heavy atom. The van der Waals surface area contributed by atoms with Crippen molar-refractivity contribution in [2.45, 2.75) is 12.1 Å². The zero-order valence-corrected chi connectivity index (χ0v) is 10.2. The van der Waals surface area contributed by atoms with Gasteiger partial charge in [-0.1, -0.05) is 0 Å². The van der Waals surface area contributed by atoms with Crippen molar-refractivity contribution in [3.8, 4) is 6.07 Å². The first-order chi connectivity index (χ1) is 9.11. The Kier molecular flexibility index (Phi) is 4.19. The molecule has 2 fully saturated rings. The molecule has 0 radical (unpaired) electrons. The van der Waals surface area contributed by atoms with Crippen molar-refractivity contribution < 1.29 is 24.2 Å². The molecule has 19 heavy (non-hydrogen) atoms. The maximum absolute atomic E-state index is 12.0. The lowest BCUT2D eigenvalue weighted by atomic mass is 10.0. The number of carboxylic acids is 1. The second kappa shape index (κ2) is 5.86. The SMILES string of the molecule is N#CC1CN(C(=O)NC2COCC2C(=O)O)CCO1. The largest absolute Gasteiger partial charge is 0.481 e. The van der Waals surface area contributed by atoms with Crippen molar-refractivity contribution in [1.82, 2.24) is 10.2 Å². The molecular weight excluding hydrogens is 254 g/mol. The molecule has 2 heterocycles. The Labute approximate surface area is 109 Å². The Morgan fingerprint density at radius 1 is 1.42 bits per heavy atom. The van der Waals surface area contributed by atoms with Gasteiger partial charge in [-0.25, -0.2) is 4.79 Å². The lowest BCUT2D eigenvalue weighted by molar-refractivity contribution is -0.142. The van der Waals surface area contributed by atoms with Crippen LogP contribution < -0.4 is 5.32 Å². The Hall–Kier alpha value is -1.85. The molecule has 2 aliphatic heterocycles. The molecular formula is C11H15N3O5. The molecule has 104 valence electrons. The first-order valence-electron chi connectivity index (χ1n) is 5.99.